The average Bonchev–Trinajstić information content (AvgIpc) is 2.07. The molecule has 12 heavy (non-hydrogen) atoms. The summed E-state index contributed by atoms with van der Waals surface area (Å²) in [4.78, 5) is 1.53. The van der Waals surface area contributed by atoms with E-state index in [1.54, 1.807) is 0 Å². The van der Waals surface area contributed by atoms with Crippen LogP contribution in [0.25, 0.3) is 0 Å². The molecule has 0 atom stereocenters. The fourth-order valence-electron chi connectivity index (χ4n) is 1.75. The SMILES string of the molecule is CC1(C)CCCN1C[B-](F)(F)F. The van der Waals surface area contributed by atoms with Crippen LogP contribution in [0.2, 0.25) is 0 Å². The van der Waals surface area contributed by atoms with Crippen LogP contribution in [-0.4, -0.2) is 30.4 Å². The highest BCUT2D eigenvalue weighted by atomic mass is 19.4. The zero-order chi connectivity index (χ0) is 9.41. The third-order valence-corrected chi connectivity index (χ3v) is 2.50. The zero-order valence-corrected chi connectivity index (χ0v) is 7.49. The maximum Gasteiger partial charge on any atom is 0.492 e. The Hall–Kier alpha value is -0.185. The second-order valence-corrected chi connectivity index (χ2v) is 4.07. The van der Waals surface area contributed by atoms with Gasteiger partial charge in [0.1, 0.15) is 0 Å². The van der Waals surface area contributed by atoms with Gasteiger partial charge in [0.25, 0.3) is 0 Å². The van der Waals surface area contributed by atoms with Gasteiger partial charge in [-0.15, -0.1) is 0 Å². The first-order chi connectivity index (χ1) is 5.31. The van der Waals surface area contributed by atoms with Gasteiger partial charge < -0.3 is 17.8 Å². The van der Waals surface area contributed by atoms with Crippen LogP contribution in [0.15, 0.2) is 0 Å². The van der Waals surface area contributed by atoms with Gasteiger partial charge in [-0.1, -0.05) is 0 Å². The van der Waals surface area contributed by atoms with Crippen LogP contribution in [-0.2, 0) is 0 Å². The Bertz CT molecular complexity index is 167. The Labute approximate surface area is 71.0 Å². The van der Waals surface area contributed by atoms with Crippen LogP contribution in [0, 0.1) is 0 Å². The summed E-state index contributed by atoms with van der Waals surface area (Å²) in [6.45, 7) is -0.308. The van der Waals surface area contributed by atoms with E-state index in [1.807, 2.05) is 13.8 Å². The van der Waals surface area contributed by atoms with Crippen LogP contribution < -0.4 is 0 Å². The molecule has 0 spiro atoms. The largest absolute Gasteiger partial charge is 0.492 e. The highest BCUT2D eigenvalue weighted by molar-refractivity contribution is 6.58. The lowest BCUT2D eigenvalue weighted by Gasteiger charge is -2.35. The van der Waals surface area contributed by atoms with Crippen molar-refractivity contribution in [1.29, 1.82) is 0 Å². The molecule has 1 heterocycles. The van der Waals surface area contributed by atoms with E-state index in [0.717, 1.165) is 12.8 Å². The Kier molecular flexibility index (Phi) is 2.43. The molecule has 0 unspecified atom stereocenters. The predicted molar refractivity (Wildman–Crippen MR) is 44.0 cm³/mol. The first-order valence-corrected chi connectivity index (χ1v) is 4.27. The second kappa shape index (κ2) is 2.94. The van der Waals surface area contributed by atoms with E-state index >= 15 is 0 Å². The predicted octanol–water partition coefficient (Wildman–Crippen LogP) is 2.25. The van der Waals surface area contributed by atoms with E-state index in [2.05, 4.69) is 0 Å². The molecule has 1 aliphatic heterocycles. The third kappa shape index (κ3) is 2.40. The highest BCUT2D eigenvalue weighted by Crippen LogP contribution is 2.29. The van der Waals surface area contributed by atoms with Gasteiger partial charge in [0.05, 0.1) is 0 Å². The quantitative estimate of drug-likeness (QED) is 0.589. The molecule has 0 aromatic carbocycles. The van der Waals surface area contributed by atoms with E-state index in [4.69, 9.17) is 0 Å². The molecule has 0 N–H and O–H groups in total. The van der Waals surface area contributed by atoms with E-state index in [9.17, 15) is 12.9 Å². The van der Waals surface area contributed by atoms with Crippen LogP contribution in [0.5, 0.6) is 0 Å². The van der Waals surface area contributed by atoms with Crippen LogP contribution >= 0.6 is 0 Å². The minimum atomic E-state index is -4.65. The Balaban J connectivity index is 2.53. The second-order valence-electron chi connectivity index (χ2n) is 4.07. The van der Waals surface area contributed by atoms with Crippen molar-refractivity contribution < 1.29 is 12.9 Å². The zero-order valence-electron chi connectivity index (χ0n) is 7.49. The molecule has 0 bridgehead atoms. The molecule has 0 aromatic heterocycles. The van der Waals surface area contributed by atoms with Crippen LogP contribution in [0.4, 0.5) is 12.9 Å². The summed E-state index contributed by atoms with van der Waals surface area (Å²) in [5.74, 6) is 0. The minimum Gasteiger partial charge on any atom is -0.448 e. The lowest BCUT2D eigenvalue weighted by molar-refractivity contribution is 0.185. The molecule has 0 saturated carbocycles. The summed E-state index contributed by atoms with van der Waals surface area (Å²) in [7, 11) is 0. The summed E-state index contributed by atoms with van der Waals surface area (Å²) in [5.41, 5.74) is -0.253. The number of hydrogen-bond donors (Lipinski definition) is 0. The van der Waals surface area contributed by atoms with Crippen molar-refractivity contribution in [2.24, 2.45) is 0 Å². The number of halogens is 3. The third-order valence-electron chi connectivity index (χ3n) is 2.50. The monoisotopic (exact) mass is 180 g/mol. The van der Waals surface area contributed by atoms with Gasteiger partial charge in [0.2, 0.25) is 0 Å². The Morgan fingerprint density at radius 3 is 2.25 bits per heavy atom. The average molecular weight is 180 g/mol. The van der Waals surface area contributed by atoms with Gasteiger partial charge in [-0.2, -0.15) is 0 Å². The molecular weight excluding hydrogens is 166 g/mol. The van der Waals surface area contributed by atoms with Gasteiger partial charge in [0, 0.05) is 5.54 Å². The van der Waals surface area contributed by atoms with Crippen molar-refractivity contribution in [3.63, 3.8) is 0 Å². The summed E-state index contributed by atoms with van der Waals surface area (Å²) < 4.78 is 36.2. The number of nitrogens with zero attached hydrogens (tertiary/aromatic N) is 1. The van der Waals surface area contributed by atoms with Crippen LogP contribution in [0.1, 0.15) is 26.7 Å². The van der Waals surface area contributed by atoms with E-state index in [-0.39, 0.29) is 5.54 Å². The summed E-state index contributed by atoms with van der Waals surface area (Å²) in [5, 5.41) is 0. The Morgan fingerprint density at radius 2 is 1.92 bits per heavy atom. The first kappa shape index (κ1) is 9.90. The number of hydrogen-bond acceptors (Lipinski definition) is 1. The van der Waals surface area contributed by atoms with E-state index in [0.29, 0.717) is 6.54 Å². The topological polar surface area (TPSA) is 3.24 Å². The molecular formula is C7H14BF3N-. The molecule has 0 aliphatic carbocycles. The summed E-state index contributed by atoms with van der Waals surface area (Å²) in [6.07, 6.45) is 1.06. The summed E-state index contributed by atoms with van der Waals surface area (Å²) >= 11 is 0. The van der Waals surface area contributed by atoms with Crippen molar-refractivity contribution in [2.45, 2.75) is 32.2 Å². The van der Waals surface area contributed by atoms with Crippen LogP contribution in [0.3, 0.4) is 0 Å². The smallest absolute Gasteiger partial charge is 0.448 e. The van der Waals surface area contributed by atoms with Gasteiger partial charge >= 0.3 is 6.98 Å². The first-order valence-electron chi connectivity index (χ1n) is 4.27. The van der Waals surface area contributed by atoms with Crippen molar-refractivity contribution >= 4 is 6.98 Å². The standard InChI is InChI=1S/C7H14BF3N/c1-7(2)4-3-5-12(7)6-8(9,10)11/h3-6H2,1-2H3/q-1. The summed E-state index contributed by atoms with van der Waals surface area (Å²) in [6, 6.07) is 0. The highest BCUT2D eigenvalue weighted by Gasteiger charge is 2.36. The maximum atomic E-state index is 12.1. The van der Waals surface area contributed by atoms with Crippen molar-refractivity contribution in [2.75, 3.05) is 13.0 Å². The van der Waals surface area contributed by atoms with Gasteiger partial charge in [-0.3, -0.25) is 0 Å². The van der Waals surface area contributed by atoms with Crippen molar-refractivity contribution in [3.05, 3.63) is 0 Å². The molecule has 1 aliphatic rings. The lowest BCUT2D eigenvalue weighted by atomic mass is 9.89. The molecule has 1 saturated heterocycles. The molecule has 1 fully saturated rings. The van der Waals surface area contributed by atoms with E-state index < -0.39 is 13.4 Å². The molecule has 0 aromatic rings. The maximum absolute atomic E-state index is 12.1. The number of rotatable bonds is 2. The van der Waals surface area contributed by atoms with Crippen molar-refractivity contribution in [3.8, 4) is 0 Å². The molecule has 1 rings (SSSR count). The molecule has 0 amide bonds. The van der Waals surface area contributed by atoms with Gasteiger partial charge in [-0.05, 0) is 39.7 Å². The fraction of sp³-hybridized carbons (Fsp3) is 1.00. The molecule has 72 valence electrons. The molecule has 0 radical (unpaired) electrons. The molecule has 1 nitrogen and oxygen atoms in total. The molecule has 5 heteroatoms. The van der Waals surface area contributed by atoms with Gasteiger partial charge in [0.15, 0.2) is 0 Å². The van der Waals surface area contributed by atoms with E-state index in [1.165, 1.54) is 4.90 Å². The van der Waals surface area contributed by atoms with Crippen molar-refractivity contribution in [1.82, 2.24) is 4.90 Å². The normalized spacial score (nSPS) is 24.8. The number of likely N-dealkylation sites (tertiary alicyclic amines) is 1. The lowest BCUT2D eigenvalue weighted by Crippen LogP contribution is -2.46. The fourth-order valence-corrected chi connectivity index (χ4v) is 1.75. The van der Waals surface area contributed by atoms with Gasteiger partial charge in [-0.25, -0.2) is 0 Å². The minimum absolute atomic E-state index is 0.253. The Morgan fingerprint density at radius 1 is 1.33 bits per heavy atom.